The number of carbonyl (C=O) groups is 2. The van der Waals surface area contributed by atoms with Crippen LogP contribution in [0.2, 0.25) is 0 Å². The van der Waals surface area contributed by atoms with Gasteiger partial charge in [0.05, 0.1) is 23.3 Å². The lowest BCUT2D eigenvalue weighted by Gasteiger charge is -2.45. The van der Waals surface area contributed by atoms with E-state index in [-0.39, 0.29) is 28.1 Å². The maximum absolute atomic E-state index is 13.5. The Bertz CT molecular complexity index is 1140. The molecular weight excluding hydrogens is 416 g/mol. The van der Waals surface area contributed by atoms with E-state index in [4.69, 9.17) is 4.74 Å². The zero-order chi connectivity index (χ0) is 22.2. The number of carbonyl (C=O) groups excluding carboxylic acids is 2. The number of amides is 1. The number of hydrogen-bond acceptors (Lipinski definition) is 5. The first-order chi connectivity index (χ1) is 14.8. The highest BCUT2D eigenvalue weighted by Crippen LogP contribution is 2.39. The second-order valence-corrected chi connectivity index (χ2v) is 9.66. The molecule has 162 valence electrons. The van der Waals surface area contributed by atoms with Gasteiger partial charge in [0.25, 0.3) is 0 Å². The maximum atomic E-state index is 13.5. The molecule has 2 heterocycles. The molecule has 0 radical (unpaired) electrons. The van der Waals surface area contributed by atoms with Gasteiger partial charge in [-0.1, -0.05) is 42.0 Å². The molecule has 0 saturated carbocycles. The van der Waals surface area contributed by atoms with Crippen LogP contribution in [0.5, 0.6) is 0 Å². The van der Waals surface area contributed by atoms with Crippen LogP contribution in [0, 0.1) is 12.8 Å². The maximum Gasteiger partial charge on any atom is 0.339 e. The second kappa shape index (κ2) is 8.28. The summed E-state index contributed by atoms with van der Waals surface area (Å²) in [6.45, 7) is 1.89. The number of hydrogen-bond donors (Lipinski definition) is 1. The van der Waals surface area contributed by atoms with Crippen LogP contribution in [-0.2, 0) is 19.6 Å². The van der Waals surface area contributed by atoms with Crippen molar-refractivity contribution in [3.8, 4) is 0 Å². The van der Waals surface area contributed by atoms with E-state index in [2.05, 4.69) is 5.32 Å². The minimum absolute atomic E-state index is 0.159. The summed E-state index contributed by atoms with van der Waals surface area (Å²) in [7, 11) is -2.63. The van der Waals surface area contributed by atoms with Gasteiger partial charge < -0.3 is 10.1 Å². The Kier molecular flexibility index (Phi) is 5.68. The van der Waals surface area contributed by atoms with Gasteiger partial charge in [-0.05, 0) is 44.0 Å². The molecule has 7 nitrogen and oxygen atoms in total. The fraction of sp³-hybridized carbons (Fsp3) is 0.304. The number of ether oxygens (including phenoxy) is 1. The molecular formula is C23H24N2O5S. The van der Waals surface area contributed by atoms with Crippen LogP contribution in [0.4, 0.5) is 5.69 Å². The summed E-state index contributed by atoms with van der Waals surface area (Å²) in [5.41, 5.74) is 1.45. The van der Waals surface area contributed by atoms with Gasteiger partial charge in [-0.2, -0.15) is 4.31 Å². The van der Waals surface area contributed by atoms with Gasteiger partial charge in [0.15, 0.2) is 0 Å². The third kappa shape index (κ3) is 3.88. The number of nitrogens with zero attached hydrogens (tertiary/aromatic N) is 1. The Morgan fingerprint density at radius 3 is 2.39 bits per heavy atom. The molecule has 8 heteroatoms. The molecule has 1 fully saturated rings. The van der Waals surface area contributed by atoms with Crippen molar-refractivity contribution in [2.45, 2.75) is 36.7 Å². The van der Waals surface area contributed by atoms with Crippen molar-refractivity contribution in [3.63, 3.8) is 0 Å². The van der Waals surface area contributed by atoms with E-state index in [0.717, 1.165) is 12.0 Å². The summed E-state index contributed by atoms with van der Waals surface area (Å²) in [6, 6.07) is 11.8. The lowest BCUT2D eigenvalue weighted by atomic mass is 9.81. The highest BCUT2D eigenvalue weighted by molar-refractivity contribution is 7.89. The van der Waals surface area contributed by atoms with Gasteiger partial charge in [-0.25, -0.2) is 13.2 Å². The largest absolute Gasteiger partial charge is 0.465 e. The van der Waals surface area contributed by atoms with Gasteiger partial charge in [0, 0.05) is 12.0 Å². The standard InChI is InChI=1S/C23H24N2O5S/c1-15-7-13-18(14-8-15)31(28,29)25-17-11-9-16(10-12-17)21(25)22(26)24-20-6-4-3-5-19(20)23(27)30-2/h3-9,11,13-14,16-17,21H,10,12H2,1-2H3,(H,24,26). The summed E-state index contributed by atoms with van der Waals surface area (Å²) in [6.07, 6.45) is 5.17. The number of benzene rings is 2. The van der Waals surface area contributed by atoms with Crippen molar-refractivity contribution in [2.24, 2.45) is 5.92 Å². The minimum atomic E-state index is -3.90. The first kappa shape index (κ1) is 21.3. The Hall–Kier alpha value is -2.97. The molecule has 3 unspecified atom stereocenters. The van der Waals surface area contributed by atoms with E-state index >= 15 is 0 Å². The molecule has 2 aliphatic heterocycles. The number of para-hydroxylation sites is 1. The SMILES string of the molecule is COC(=O)c1ccccc1NC(=O)C1C2C=CC(CC2)N1S(=O)(=O)c1ccc(C)cc1. The first-order valence-electron chi connectivity index (χ1n) is 10.1. The van der Waals surface area contributed by atoms with Crippen molar-refractivity contribution in [1.29, 1.82) is 0 Å². The highest BCUT2D eigenvalue weighted by atomic mass is 32.2. The number of anilines is 1. The molecule has 1 amide bonds. The normalized spacial score (nSPS) is 22.8. The smallest absolute Gasteiger partial charge is 0.339 e. The number of esters is 1. The number of piperidine rings is 1. The zero-order valence-corrected chi connectivity index (χ0v) is 18.1. The van der Waals surface area contributed by atoms with E-state index < -0.39 is 27.9 Å². The van der Waals surface area contributed by atoms with Crippen molar-refractivity contribution in [1.82, 2.24) is 4.31 Å². The van der Waals surface area contributed by atoms with Crippen LogP contribution >= 0.6 is 0 Å². The molecule has 3 atom stereocenters. The topological polar surface area (TPSA) is 92.8 Å². The van der Waals surface area contributed by atoms with Crippen LogP contribution in [-0.4, -0.2) is 43.8 Å². The van der Waals surface area contributed by atoms with Gasteiger partial charge in [-0.15, -0.1) is 0 Å². The van der Waals surface area contributed by atoms with Crippen molar-refractivity contribution < 1.29 is 22.7 Å². The van der Waals surface area contributed by atoms with E-state index in [0.29, 0.717) is 6.42 Å². The van der Waals surface area contributed by atoms with E-state index in [9.17, 15) is 18.0 Å². The molecule has 1 aliphatic carbocycles. The molecule has 5 rings (SSSR count). The Morgan fingerprint density at radius 1 is 1.03 bits per heavy atom. The summed E-state index contributed by atoms with van der Waals surface area (Å²) in [5.74, 6) is -1.29. The average Bonchev–Trinajstić information content (AvgIpc) is 2.79. The number of nitrogens with one attached hydrogen (secondary N) is 1. The van der Waals surface area contributed by atoms with Gasteiger partial charge >= 0.3 is 5.97 Å². The van der Waals surface area contributed by atoms with Crippen molar-refractivity contribution >= 4 is 27.6 Å². The van der Waals surface area contributed by atoms with Gasteiger partial charge in [0.2, 0.25) is 15.9 Å². The first-order valence-corrected chi connectivity index (χ1v) is 11.5. The predicted molar refractivity (Wildman–Crippen MR) is 116 cm³/mol. The number of fused-ring (bicyclic) bond motifs is 2. The number of rotatable bonds is 5. The van der Waals surface area contributed by atoms with Crippen LogP contribution in [0.15, 0.2) is 65.6 Å². The van der Waals surface area contributed by atoms with Gasteiger partial charge in [0.1, 0.15) is 6.04 Å². The number of aryl methyl sites for hydroxylation is 1. The molecule has 2 bridgehead atoms. The minimum Gasteiger partial charge on any atom is -0.465 e. The monoisotopic (exact) mass is 440 g/mol. The molecule has 0 aromatic heterocycles. The van der Waals surface area contributed by atoms with Gasteiger partial charge in [-0.3, -0.25) is 4.79 Å². The third-order valence-electron chi connectivity index (χ3n) is 5.84. The Morgan fingerprint density at radius 2 is 1.74 bits per heavy atom. The van der Waals surface area contributed by atoms with Crippen LogP contribution in [0.1, 0.15) is 28.8 Å². The summed E-state index contributed by atoms with van der Waals surface area (Å²) < 4.78 is 33.1. The van der Waals surface area contributed by atoms with Crippen LogP contribution < -0.4 is 5.32 Å². The Balaban J connectivity index is 1.69. The fourth-order valence-electron chi connectivity index (χ4n) is 4.25. The quantitative estimate of drug-likeness (QED) is 0.570. The molecule has 2 aromatic rings. The molecule has 31 heavy (non-hydrogen) atoms. The zero-order valence-electron chi connectivity index (χ0n) is 17.3. The second-order valence-electron chi connectivity index (χ2n) is 7.81. The van der Waals surface area contributed by atoms with E-state index in [1.807, 2.05) is 19.1 Å². The van der Waals surface area contributed by atoms with Crippen LogP contribution in [0.3, 0.4) is 0 Å². The molecule has 3 aliphatic rings. The average molecular weight is 441 g/mol. The number of sulfonamides is 1. The molecule has 0 spiro atoms. The van der Waals surface area contributed by atoms with E-state index in [1.54, 1.807) is 48.5 Å². The van der Waals surface area contributed by atoms with E-state index in [1.165, 1.54) is 11.4 Å². The van der Waals surface area contributed by atoms with Crippen molar-refractivity contribution in [3.05, 3.63) is 71.8 Å². The van der Waals surface area contributed by atoms with Crippen LogP contribution in [0.25, 0.3) is 0 Å². The van der Waals surface area contributed by atoms with Crippen molar-refractivity contribution in [2.75, 3.05) is 12.4 Å². The summed E-state index contributed by atoms with van der Waals surface area (Å²) >= 11 is 0. The predicted octanol–water partition coefficient (Wildman–Crippen LogP) is 3.13. The lowest BCUT2D eigenvalue weighted by molar-refractivity contribution is -0.122. The summed E-state index contributed by atoms with van der Waals surface area (Å²) in [4.78, 5) is 25.6. The summed E-state index contributed by atoms with van der Waals surface area (Å²) in [5, 5.41) is 2.76. The number of methoxy groups -OCH3 is 1. The third-order valence-corrected chi connectivity index (χ3v) is 7.76. The fourth-order valence-corrected chi connectivity index (χ4v) is 6.06. The lowest BCUT2D eigenvalue weighted by Crippen LogP contribution is -2.59. The molecule has 2 aromatic carbocycles. The highest BCUT2D eigenvalue weighted by Gasteiger charge is 2.49. The molecule has 1 saturated heterocycles. The molecule has 1 N–H and O–H groups in total. The Labute approximate surface area is 181 Å².